The highest BCUT2D eigenvalue weighted by atomic mass is 35.5. The number of anilines is 1. The average molecular weight is 695 g/mol. The van der Waals surface area contributed by atoms with Crippen LogP contribution in [0.4, 0.5) is 10.5 Å². The number of rotatable bonds is 8. The average Bonchev–Trinajstić information content (AvgIpc) is 2.98. The molecular weight excluding hydrogens is 648 g/mol. The maximum atomic E-state index is 13.5. The Morgan fingerprint density at radius 1 is 1.26 bits per heavy atom. The van der Waals surface area contributed by atoms with Gasteiger partial charge < -0.3 is 38.9 Å². The van der Waals surface area contributed by atoms with Crippen LogP contribution in [0.3, 0.4) is 0 Å². The number of nitrogens with zero attached hydrogens (tertiary/aromatic N) is 1. The normalized spacial score (nSPS) is 33.0. The van der Waals surface area contributed by atoms with Crippen molar-refractivity contribution in [3.8, 4) is 5.75 Å². The summed E-state index contributed by atoms with van der Waals surface area (Å²) in [7, 11) is 1.64. The lowest BCUT2D eigenvalue weighted by molar-refractivity contribution is -0.314. The highest BCUT2D eigenvalue weighted by molar-refractivity contribution is 6.71. The first-order chi connectivity index (χ1) is 21.9. The highest BCUT2D eigenvalue weighted by Crippen LogP contribution is 2.53. The molecule has 2 unspecified atom stereocenters. The van der Waals surface area contributed by atoms with Crippen LogP contribution in [0.5, 0.6) is 5.75 Å². The number of hydrogen-bond donors (Lipinski definition) is 4. The van der Waals surface area contributed by atoms with Crippen LogP contribution in [0.2, 0.25) is 23.7 Å². The van der Waals surface area contributed by atoms with Crippen LogP contribution in [-0.4, -0.2) is 91.7 Å². The van der Waals surface area contributed by atoms with Gasteiger partial charge in [-0.2, -0.15) is 0 Å². The van der Waals surface area contributed by atoms with E-state index in [9.17, 15) is 29.4 Å². The summed E-state index contributed by atoms with van der Waals surface area (Å²) in [5, 5.41) is 23.8. The van der Waals surface area contributed by atoms with Crippen LogP contribution in [0.25, 0.3) is 0 Å². The second kappa shape index (κ2) is 14.3. The van der Waals surface area contributed by atoms with Gasteiger partial charge in [0.15, 0.2) is 14.0 Å². The van der Waals surface area contributed by atoms with E-state index in [0.717, 1.165) is 11.1 Å². The van der Waals surface area contributed by atoms with E-state index < -0.39 is 49.5 Å². The van der Waals surface area contributed by atoms with Gasteiger partial charge in [-0.1, -0.05) is 35.4 Å². The van der Waals surface area contributed by atoms with Gasteiger partial charge in [-0.25, -0.2) is 4.79 Å². The maximum Gasteiger partial charge on any atom is 0.409 e. The molecule has 4 aliphatic heterocycles. The Hall–Kier alpha value is -2.94. The number of aliphatic carboxylic acids is 1. The van der Waals surface area contributed by atoms with E-state index >= 15 is 0 Å². The fourth-order valence-corrected chi connectivity index (χ4v) is 9.13. The largest absolute Gasteiger partial charge is 0.495 e. The Bertz CT molecular complexity index is 1430. The maximum absolute atomic E-state index is 13.5. The number of carboxylic acids is 1. The molecule has 1 aromatic carbocycles. The van der Waals surface area contributed by atoms with Crippen LogP contribution in [0, 0.1) is 0 Å². The zero-order valence-electron chi connectivity index (χ0n) is 27.9. The minimum absolute atomic E-state index is 0.0784. The van der Waals surface area contributed by atoms with Gasteiger partial charge >= 0.3 is 12.1 Å². The number of hydrogen-bond acceptors (Lipinski definition) is 9. The molecule has 2 fully saturated rings. The number of alkyl carbamates (subject to hydrolysis) is 1. The molecule has 260 valence electrons. The van der Waals surface area contributed by atoms with Crippen molar-refractivity contribution >= 4 is 43.6 Å². The number of amides is 2. The summed E-state index contributed by atoms with van der Waals surface area (Å²) < 4.78 is 23.6. The number of carboxylic acid groups (broad SMARTS) is 1. The lowest BCUT2D eigenvalue weighted by atomic mass is 9.70. The molecule has 4 aliphatic rings. The predicted molar refractivity (Wildman–Crippen MR) is 178 cm³/mol. The van der Waals surface area contributed by atoms with Gasteiger partial charge in [-0.3, -0.25) is 14.9 Å². The zero-order valence-corrected chi connectivity index (χ0v) is 29.7. The Morgan fingerprint density at radius 2 is 1.96 bits per heavy atom. The number of allylic oxidation sites excluding steroid dienone is 3. The fraction of sp³-hybridized carbons (Fsp3) is 0.606. The number of methoxy groups -OCH3 is 2. The Balaban J connectivity index is 1.72. The molecule has 6 bridgehead atoms. The summed E-state index contributed by atoms with van der Waals surface area (Å²) in [6, 6.07) is 4.13. The molecule has 4 heterocycles. The molecule has 6 atom stereocenters. The number of nitrogens with one attached hydrogen (secondary N) is 1. The van der Waals surface area contributed by atoms with E-state index in [1.807, 2.05) is 32.1 Å². The molecular formula is C33H47ClN2O10Si. The molecule has 0 saturated carbocycles. The summed E-state index contributed by atoms with van der Waals surface area (Å²) in [6.45, 7) is 5.51. The van der Waals surface area contributed by atoms with Crippen molar-refractivity contribution in [2.24, 2.45) is 0 Å². The topological polar surface area (TPSA) is 164 Å². The van der Waals surface area contributed by atoms with Gasteiger partial charge in [0, 0.05) is 39.8 Å². The number of halogens is 1. The third-order valence-corrected chi connectivity index (χ3v) is 12.5. The SMILES string of the molecule is COc1cc2cc(c1Cl)N(C)C(=O)CC[C@@]1(C)CC(CC[Si](C)(O)CCC(=O)O)(O1)[C@@H]1C[C@@](O)(NC(=O)O1)[C@H](OC)/C=C/C=C(\C)C2. The van der Waals surface area contributed by atoms with Gasteiger partial charge in [0.1, 0.15) is 28.6 Å². The summed E-state index contributed by atoms with van der Waals surface area (Å²) in [5.41, 5.74) is -1.37. The Morgan fingerprint density at radius 3 is 2.60 bits per heavy atom. The predicted octanol–water partition coefficient (Wildman–Crippen LogP) is 4.70. The van der Waals surface area contributed by atoms with E-state index in [2.05, 4.69) is 5.32 Å². The number of carbonyl (C=O) groups is 3. The molecule has 0 aliphatic carbocycles. The molecule has 2 amide bonds. The fourth-order valence-electron chi connectivity index (χ4n) is 6.85. The smallest absolute Gasteiger partial charge is 0.409 e. The Labute approximate surface area is 281 Å². The molecule has 0 radical (unpaired) electrons. The number of carbonyl (C=O) groups excluding carboxylic acids is 2. The van der Waals surface area contributed by atoms with Crippen LogP contribution in [0.15, 0.2) is 35.9 Å². The molecule has 0 aromatic heterocycles. The van der Waals surface area contributed by atoms with Crippen molar-refractivity contribution in [3.63, 3.8) is 0 Å². The molecule has 12 nitrogen and oxygen atoms in total. The third-order valence-electron chi connectivity index (χ3n) is 9.52. The van der Waals surface area contributed by atoms with Gasteiger partial charge in [0.25, 0.3) is 0 Å². The summed E-state index contributed by atoms with van der Waals surface area (Å²) in [6.07, 6.45) is 3.94. The van der Waals surface area contributed by atoms with Crippen molar-refractivity contribution in [3.05, 3.63) is 46.5 Å². The van der Waals surface area contributed by atoms with Gasteiger partial charge in [0.2, 0.25) is 5.91 Å². The molecule has 0 spiro atoms. The van der Waals surface area contributed by atoms with E-state index in [4.69, 9.17) is 30.5 Å². The summed E-state index contributed by atoms with van der Waals surface area (Å²) in [4.78, 5) is 50.3. The zero-order chi connectivity index (χ0) is 34.8. The van der Waals surface area contributed by atoms with Crippen molar-refractivity contribution in [1.82, 2.24) is 5.32 Å². The molecule has 5 rings (SSSR count). The first-order valence-electron chi connectivity index (χ1n) is 15.8. The third kappa shape index (κ3) is 8.56. The van der Waals surface area contributed by atoms with Crippen molar-refractivity contribution in [1.29, 1.82) is 0 Å². The van der Waals surface area contributed by atoms with Crippen LogP contribution >= 0.6 is 11.6 Å². The summed E-state index contributed by atoms with van der Waals surface area (Å²) in [5.74, 6) is -0.728. The van der Waals surface area contributed by atoms with Crippen molar-refractivity contribution in [2.45, 2.75) is 107 Å². The van der Waals surface area contributed by atoms with Crippen LogP contribution in [-0.2, 0) is 30.2 Å². The lowest BCUT2D eigenvalue weighted by Gasteiger charge is -2.59. The molecule has 47 heavy (non-hydrogen) atoms. The second-order valence-corrected chi connectivity index (χ2v) is 18.0. The van der Waals surface area contributed by atoms with E-state index in [1.54, 1.807) is 25.7 Å². The number of benzene rings is 1. The van der Waals surface area contributed by atoms with E-state index in [0.29, 0.717) is 35.7 Å². The first-order valence-corrected chi connectivity index (χ1v) is 19.0. The number of ether oxygens (including phenoxy) is 4. The lowest BCUT2D eigenvalue weighted by Crippen LogP contribution is -2.71. The van der Waals surface area contributed by atoms with Gasteiger partial charge in [-0.05, 0) is 69.4 Å². The minimum atomic E-state index is -2.98. The first kappa shape index (κ1) is 36.9. The monoisotopic (exact) mass is 694 g/mol. The minimum Gasteiger partial charge on any atom is -0.495 e. The quantitative estimate of drug-likeness (QED) is 0.281. The molecule has 14 heteroatoms. The van der Waals surface area contributed by atoms with E-state index in [1.165, 1.54) is 19.1 Å². The number of fused-ring (bicyclic) bond motifs is 6. The van der Waals surface area contributed by atoms with Gasteiger partial charge in [0.05, 0.1) is 18.4 Å². The summed E-state index contributed by atoms with van der Waals surface area (Å²) >= 11 is 6.67. The molecule has 2 saturated heterocycles. The second-order valence-electron chi connectivity index (χ2n) is 13.6. The number of aliphatic hydroxyl groups is 1. The van der Waals surface area contributed by atoms with Crippen LogP contribution < -0.4 is 15.0 Å². The molecule has 1 aromatic rings. The van der Waals surface area contributed by atoms with Crippen LogP contribution in [0.1, 0.15) is 57.9 Å². The van der Waals surface area contributed by atoms with Crippen molar-refractivity contribution in [2.75, 3.05) is 26.2 Å². The Kier molecular flexibility index (Phi) is 11.2. The standard InChI is InChI=1S/C33H47ClN2O10Si/c1-21-8-7-9-25(44-5)33(41)19-26(45-30(40)35-33)32(13-15-47(6,42)14-11-28(38)39)20-31(2,46-32)12-10-27(37)36(3)23-17-22(16-21)18-24(43-4)29(23)34/h7-9,17-18,25-26,41-42H,10-16,19-20H2,1-6H3,(H,35,40)(H,38,39)/b9-7+,21-8+/t25-,26+,31+,32?,33+,47?/m1/s1. The highest BCUT2D eigenvalue weighted by Gasteiger charge is 2.62. The van der Waals surface area contributed by atoms with Gasteiger partial charge in [-0.15, -0.1) is 0 Å². The molecule has 4 N–H and O–H groups in total. The van der Waals surface area contributed by atoms with Crippen molar-refractivity contribution < 1.29 is 48.3 Å². The van der Waals surface area contributed by atoms with E-state index in [-0.39, 0.29) is 43.7 Å².